The summed E-state index contributed by atoms with van der Waals surface area (Å²) < 4.78 is 6.37. The van der Waals surface area contributed by atoms with Crippen molar-refractivity contribution >= 4 is 5.97 Å². The lowest BCUT2D eigenvalue weighted by molar-refractivity contribution is -0.153. The third-order valence-electron chi connectivity index (χ3n) is 1.85. The highest BCUT2D eigenvalue weighted by molar-refractivity contribution is 5.74. The summed E-state index contributed by atoms with van der Waals surface area (Å²) >= 11 is 0. The van der Waals surface area contributed by atoms with Crippen molar-refractivity contribution < 1.29 is 14.6 Å². The molecule has 0 saturated carbocycles. The summed E-state index contributed by atoms with van der Waals surface area (Å²) in [6.45, 7) is 4.02. The Morgan fingerprint density at radius 3 is 3.00 bits per heavy atom. The Morgan fingerprint density at radius 2 is 2.50 bits per heavy atom. The lowest BCUT2D eigenvalue weighted by Crippen LogP contribution is -2.28. The highest BCUT2D eigenvalue weighted by atomic mass is 16.5. The normalized spacial score (nSPS) is 12.5. The number of aryl methyl sites for hydroxylation is 1. The number of aliphatic hydroxyl groups is 1. The van der Waals surface area contributed by atoms with Gasteiger partial charge in [0.2, 0.25) is 0 Å². The largest absolute Gasteiger partial charge is 0.464 e. The second-order valence-corrected chi connectivity index (χ2v) is 2.96. The zero-order chi connectivity index (χ0) is 10.6. The van der Waals surface area contributed by atoms with Gasteiger partial charge in [-0.25, -0.2) is 9.78 Å². The third kappa shape index (κ3) is 2.56. The molecular weight excluding hydrogens is 184 g/mol. The fourth-order valence-electron chi connectivity index (χ4n) is 1.08. The first-order valence-corrected chi connectivity index (χ1v) is 4.46. The molecule has 1 unspecified atom stereocenters. The molecule has 1 heterocycles. The van der Waals surface area contributed by atoms with Crippen LogP contribution in [0.4, 0.5) is 0 Å². The van der Waals surface area contributed by atoms with Gasteiger partial charge in [-0.3, -0.25) is 0 Å². The van der Waals surface area contributed by atoms with Crippen molar-refractivity contribution in [2.75, 3.05) is 6.61 Å². The maximum Gasteiger partial charge on any atom is 0.336 e. The Hall–Kier alpha value is -1.36. The molecular formula is C9H14N2O3. The summed E-state index contributed by atoms with van der Waals surface area (Å²) in [4.78, 5) is 15.0. The molecule has 5 heteroatoms. The average Bonchev–Trinajstić information content (AvgIpc) is 2.52. The predicted molar refractivity (Wildman–Crippen MR) is 49.6 cm³/mol. The van der Waals surface area contributed by atoms with Gasteiger partial charge in [-0.2, -0.15) is 0 Å². The maximum atomic E-state index is 11.1. The van der Waals surface area contributed by atoms with Crippen LogP contribution in [-0.4, -0.2) is 33.3 Å². The average molecular weight is 198 g/mol. The molecule has 78 valence electrons. The van der Waals surface area contributed by atoms with Crippen LogP contribution in [0.3, 0.4) is 0 Å². The maximum absolute atomic E-state index is 11.1. The van der Waals surface area contributed by atoms with Crippen LogP contribution in [0.2, 0.25) is 0 Å². The molecule has 0 bridgehead atoms. The van der Waals surface area contributed by atoms with Gasteiger partial charge in [-0.15, -0.1) is 0 Å². The second-order valence-electron chi connectivity index (χ2n) is 2.96. The predicted octanol–water partition coefficient (Wildman–Crippen LogP) is 0.116. The number of imidazole rings is 1. The number of hydrogen-bond donors (Lipinski definition) is 1. The lowest BCUT2D eigenvalue weighted by Gasteiger charge is -2.11. The van der Waals surface area contributed by atoms with E-state index in [9.17, 15) is 9.90 Å². The molecule has 0 radical (unpaired) electrons. The molecule has 0 fully saturated rings. The van der Waals surface area contributed by atoms with Gasteiger partial charge in [-0.1, -0.05) is 0 Å². The number of rotatable bonds is 4. The highest BCUT2D eigenvalue weighted by Crippen LogP contribution is 2.00. The zero-order valence-electron chi connectivity index (χ0n) is 8.30. The monoisotopic (exact) mass is 198 g/mol. The van der Waals surface area contributed by atoms with Crippen LogP contribution in [-0.2, 0) is 16.1 Å². The molecule has 1 rings (SSSR count). The molecule has 1 N–H and O–H groups in total. The minimum Gasteiger partial charge on any atom is -0.464 e. The van der Waals surface area contributed by atoms with E-state index in [1.807, 2.05) is 6.92 Å². The van der Waals surface area contributed by atoms with E-state index in [0.29, 0.717) is 0 Å². The van der Waals surface area contributed by atoms with Crippen LogP contribution in [0, 0.1) is 6.92 Å². The quantitative estimate of drug-likeness (QED) is 0.698. The summed E-state index contributed by atoms with van der Waals surface area (Å²) in [7, 11) is 0. The molecule has 1 aromatic rings. The number of ether oxygens (including phenoxy) is 1. The highest BCUT2D eigenvalue weighted by Gasteiger charge is 2.16. The van der Waals surface area contributed by atoms with E-state index < -0.39 is 12.1 Å². The van der Waals surface area contributed by atoms with Gasteiger partial charge in [-0.05, 0) is 13.8 Å². The molecule has 0 spiro atoms. The fraction of sp³-hybridized carbons (Fsp3) is 0.556. The minimum absolute atomic E-state index is 0.185. The molecule has 1 atom stereocenters. The Kier molecular flexibility index (Phi) is 3.64. The second kappa shape index (κ2) is 4.76. The molecule has 14 heavy (non-hydrogen) atoms. The smallest absolute Gasteiger partial charge is 0.336 e. The first kappa shape index (κ1) is 10.7. The van der Waals surface area contributed by atoms with Crippen molar-refractivity contribution in [2.45, 2.75) is 26.5 Å². The van der Waals surface area contributed by atoms with Crippen molar-refractivity contribution in [2.24, 2.45) is 0 Å². The van der Waals surface area contributed by atoms with Crippen LogP contribution in [0.15, 0.2) is 12.5 Å². The Labute approximate surface area is 82.3 Å². The molecule has 0 aliphatic rings. The van der Waals surface area contributed by atoms with Crippen molar-refractivity contribution in [1.29, 1.82) is 0 Å². The summed E-state index contributed by atoms with van der Waals surface area (Å²) in [5.74, 6) is -0.597. The van der Waals surface area contributed by atoms with Crippen LogP contribution in [0.1, 0.15) is 12.6 Å². The van der Waals surface area contributed by atoms with E-state index in [1.165, 1.54) is 0 Å². The van der Waals surface area contributed by atoms with E-state index in [1.54, 1.807) is 24.0 Å². The van der Waals surface area contributed by atoms with Gasteiger partial charge in [0.15, 0.2) is 6.10 Å². The Morgan fingerprint density at radius 1 is 1.79 bits per heavy atom. The van der Waals surface area contributed by atoms with E-state index >= 15 is 0 Å². The Bertz CT molecular complexity index is 309. The summed E-state index contributed by atoms with van der Waals surface area (Å²) in [5, 5.41) is 9.42. The Balaban J connectivity index is 2.52. The number of carbonyl (C=O) groups excluding carboxylic acids is 1. The third-order valence-corrected chi connectivity index (χ3v) is 1.85. The van der Waals surface area contributed by atoms with Gasteiger partial charge < -0.3 is 14.4 Å². The number of aromatic nitrogens is 2. The number of carbonyl (C=O) groups is 1. The van der Waals surface area contributed by atoms with Gasteiger partial charge in [0.25, 0.3) is 0 Å². The molecule has 0 aliphatic carbocycles. The number of aliphatic hydroxyl groups excluding tert-OH is 1. The van der Waals surface area contributed by atoms with E-state index in [4.69, 9.17) is 0 Å². The van der Waals surface area contributed by atoms with Crippen molar-refractivity contribution in [3.8, 4) is 0 Å². The summed E-state index contributed by atoms with van der Waals surface area (Å²) in [5.41, 5.74) is 0.897. The molecule has 1 aromatic heterocycles. The standard InChI is InChI=1S/C9H14N2O3/c1-3-14-9(13)8(12)5-11-6-10-4-7(11)2/h4,6,8,12H,3,5H2,1-2H3. The molecule has 0 amide bonds. The van der Waals surface area contributed by atoms with Crippen LogP contribution in [0.25, 0.3) is 0 Å². The van der Waals surface area contributed by atoms with E-state index in [0.717, 1.165) is 5.69 Å². The van der Waals surface area contributed by atoms with Gasteiger partial charge >= 0.3 is 5.97 Å². The van der Waals surface area contributed by atoms with Crippen molar-refractivity contribution in [3.05, 3.63) is 18.2 Å². The summed E-state index contributed by atoms with van der Waals surface area (Å²) in [6.07, 6.45) is 2.11. The summed E-state index contributed by atoms with van der Waals surface area (Å²) in [6, 6.07) is 0. The van der Waals surface area contributed by atoms with Crippen LogP contribution < -0.4 is 0 Å². The number of nitrogens with zero attached hydrogens (tertiary/aromatic N) is 2. The van der Waals surface area contributed by atoms with Crippen LogP contribution in [0.5, 0.6) is 0 Å². The van der Waals surface area contributed by atoms with Gasteiger partial charge in [0.1, 0.15) is 0 Å². The van der Waals surface area contributed by atoms with E-state index in [-0.39, 0.29) is 13.2 Å². The van der Waals surface area contributed by atoms with Crippen molar-refractivity contribution in [1.82, 2.24) is 9.55 Å². The molecule has 5 nitrogen and oxygen atoms in total. The number of esters is 1. The molecule has 0 aliphatic heterocycles. The van der Waals surface area contributed by atoms with Gasteiger partial charge in [0, 0.05) is 11.9 Å². The topological polar surface area (TPSA) is 64.3 Å². The minimum atomic E-state index is -1.12. The first-order chi connectivity index (χ1) is 6.65. The fourth-order valence-corrected chi connectivity index (χ4v) is 1.08. The van der Waals surface area contributed by atoms with E-state index in [2.05, 4.69) is 9.72 Å². The first-order valence-electron chi connectivity index (χ1n) is 4.46. The number of hydrogen-bond acceptors (Lipinski definition) is 4. The SMILES string of the molecule is CCOC(=O)C(O)Cn1cncc1C. The zero-order valence-corrected chi connectivity index (χ0v) is 8.30. The van der Waals surface area contributed by atoms with Gasteiger partial charge in [0.05, 0.1) is 19.5 Å². The molecule has 0 saturated heterocycles. The lowest BCUT2D eigenvalue weighted by atomic mass is 10.3. The van der Waals surface area contributed by atoms with Crippen molar-refractivity contribution in [3.63, 3.8) is 0 Å². The molecule has 0 aromatic carbocycles. The van der Waals surface area contributed by atoms with Crippen LogP contribution >= 0.6 is 0 Å².